The number of hydrogen-bond donors (Lipinski definition) is 0. The summed E-state index contributed by atoms with van der Waals surface area (Å²) in [6, 6.07) is 3.85. The second-order valence-corrected chi connectivity index (χ2v) is 6.10. The van der Waals surface area contributed by atoms with Crippen LogP contribution in [0.2, 0.25) is 5.02 Å². The molecule has 1 fully saturated rings. The predicted octanol–water partition coefficient (Wildman–Crippen LogP) is 5.56. The topological polar surface area (TPSA) is 18.5 Å². The van der Waals surface area contributed by atoms with Gasteiger partial charge in [0.15, 0.2) is 11.5 Å². The SMILES string of the molecule is COc1cc(/C=C(/CCl)C2CCCCC2)cc(Cl)c1OC. The molecule has 21 heavy (non-hydrogen) atoms. The third-order valence-electron chi connectivity index (χ3n) is 4.09. The molecule has 1 aromatic carbocycles. The van der Waals surface area contributed by atoms with Gasteiger partial charge >= 0.3 is 0 Å². The monoisotopic (exact) mass is 328 g/mol. The van der Waals surface area contributed by atoms with E-state index in [0.29, 0.717) is 28.3 Å². The molecule has 0 heterocycles. The number of hydrogen-bond acceptors (Lipinski definition) is 2. The zero-order chi connectivity index (χ0) is 15.2. The second kappa shape index (κ2) is 7.95. The molecule has 0 spiro atoms. The normalized spacial score (nSPS) is 16.9. The lowest BCUT2D eigenvalue weighted by Crippen LogP contribution is -2.10. The number of halogens is 2. The van der Waals surface area contributed by atoms with Gasteiger partial charge in [0.2, 0.25) is 0 Å². The summed E-state index contributed by atoms with van der Waals surface area (Å²) in [5.41, 5.74) is 2.30. The molecule has 1 aliphatic rings. The number of alkyl halides is 1. The highest BCUT2D eigenvalue weighted by Gasteiger charge is 2.18. The molecule has 0 bridgehead atoms. The lowest BCUT2D eigenvalue weighted by atomic mass is 9.83. The zero-order valence-electron chi connectivity index (χ0n) is 12.6. The average Bonchev–Trinajstić information content (AvgIpc) is 2.52. The van der Waals surface area contributed by atoms with E-state index in [2.05, 4.69) is 6.08 Å². The Kier molecular flexibility index (Phi) is 6.25. The highest BCUT2D eigenvalue weighted by Crippen LogP contribution is 2.38. The van der Waals surface area contributed by atoms with E-state index in [9.17, 15) is 0 Å². The third-order valence-corrected chi connectivity index (χ3v) is 4.68. The Morgan fingerprint density at radius 2 is 1.90 bits per heavy atom. The molecule has 0 aliphatic heterocycles. The van der Waals surface area contributed by atoms with Gasteiger partial charge in [-0.1, -0.05) is 42.5 Å². The standard InChI is InChI=1S/C17H22Cl2O2/c1-20-16-10-12(9-15(19)17(16)21-2)8-14(11-18)13-6-4-3-5-7-13/h8-10,13H,3-7,11H2,1-2H3/b14-8-. The van der Waals surface area contributed by atoms with Gasteiger partial charge < -0.3 is 9.47 Å². The summed E-state index contributed by atoms with van der Waals surface area (Å²) >= 11 is 12.4. The van der Waals surface area contributed by atoms with E-state index < -0.39 is 0 Å². The molecule has 0 aromatic heterocycles. The van der Waals surface area contributed by atoms with E-state index in [0.717, 1.165) is 5.56 Å². The highest BCUT2D eigenvalue weighted by atomic mass is 35.5. The first-order valence-corrected chi connectivity index (χ1v) is 8.28. The maximum atomic E-state index is 6.26. The number of benzene rings is 1. The third kappa shape index (κ3) is 4.08. The van der Waals surface area contributed by atoms with E-state index in [1.54, 1.807) is 14.2 Å². The average molecular weight is 329 g/mol. The lowest BCUT2D eigenvalue weighted by Gasteiger charge is -2.23. The van der Waals surface area contributed by atoms with Gasteiger partial charge in [-0.2, -0.15) is 0 Å². The summed E-state index contributed by atoms with van der Waals surface area (Å²) in [6.45, 7) is 0. The van der Waals surface area contributed by atoms with E-state index >= 15 is 0 Å². The van der Waals surface area contributed by atoms with Crippen molar-refractivity contribution in [1.29, 1.82) is 0 Å². The Hall–Kier alpha value is -0.860. The van der Waals surface area contributed by atoms with Gasteiger partial charge in [0.25, 0.3) is 0 Å². The lowest BCUT2D eigenvalue weighted by molar-refractivity contribution is 0.355. The first-order chi connectivity index (χ1) is 10.2. The van der Waals surface area contributed by atoms with Gasteiger partial charge in [-0.3, -0.25) is 0 Å². The van der Waals surface area contributed by atoms with Crippen molar-refractivity contribution in [3.63, 3.8) is 0 Å². The van der Waals surface area contributed by atoms with Crippen molar-refractivity contribution in [2.24, 2.45) is 5.92 Å². The predicted molar refractivity (Wildman–Crippen MR) is 89.8 cm³/mol. The Labute approximate surface area is 137 Å². The Bertz CT molecular complexity index is 506. The van der Waals surface area contributed by atoms with Crippen LogP contribution in [0, 0.1) is 5.92 Å². The smallest absolute Gasteiger partial charge is 0.179 e. The van der Waals surface area contributed by atoms with E-state index in [1.807, 2.05) is 12.1 Å². The minimum absolute atomic E-state index is 0.556. The van der Waals surface area contributed by atoms with Crippen LogP contribution in [0.15, 0.2) is 17.7 Å². The maximum Gasteiger partial charge on any atom is 0.179 e. The molecular weight excluding hydrogens is 307 g/mol. The molecule has 1 saturated carbocycles. The maximum absolute atomic E-state index is 6.26. The molecule has 0 unspecified atom stereocenters. The van der Waals surface area contributed by atoms with Gasteiger partial charge in [-0.15, -0.1) is 11.6 Å². The second-order valence-electron chi connectivity index (χ2n) is 5.43. The summed E-state index contributed by atoms with van der Waals surface area (Å²) in [5, 5.41) is 0.556. The summed E-state index contributed by atoms with van der Waals surface area (Å²) in [6.07, 6.45) is 8.56. The van der Waals surface area contributed by atoms with Crippen LogP contribution in [-0.4, -0.2) is 20.1 Å². The van der Waals surface area contributed by atoms with Crippen LogP contribution in [0.5, 0.6) is 11.5 Å². The Morgan fingerprint density at radius 3 is 2.48 bits per heavy atom. The zero-order valence-corrected chi connectivity index (χ0v) is 14.1. The molecular formula is C17H22Cl2O2. The number of ether oxygens (including phenoxy) is 2. The van der Waals surface area contributed by atoms with E-state index in [4.69, 9.17) is 32.7 Å². The van der Waals surface area contributed by atoms with E-state index in [1.165, 1.54) is 37.7 Å². The van der Waals surface area contributed by atoms with Gasteiger partial charge in [0.05, 0.1) is 19.2 Å². The minimum Gasteiger partial charge on any atom is -0.493 e. The van der Waals surface area contributed by atoms with E-state index in [-0.39, 0.29) is 0 Å². The van der Waals surface area contributed by atoms with Crippen LogP contribution in [0.3, 0.4) is 0 Å². The van der Waals surface area contributed by atoms with Crippen LogP contribution >= 0.6 is 23.2 Å². The minimum atomic E-state index is 0.556. The van der Waals surface area contributed by atoms with Crippen molar-refractivity contribution in [2.75, 3.05) is 20.1 Å². The number of allylic oxidation sites excluding steroid dienone is 1. The van der Waals surface area contributed by atoms with Crippen molar-refractivity contribution < 1.29 is 9.47 Å². The molecule has 0 saturated heterocycles. The molecule has 116 valence electrons. The summed E-state index contributed by atoms with van der Waals surface area (Å²) < 4.78 is 10.6. The van der Waals surface area contributed by atoms with Crippen molar-refractivity contribution in [2.45, 2.75) is 32.1 Å². The van der Waals surface area contributed by atoms with Crippen molar-refractivity contribution in [3.8, 4) is 11.5 Å². The van der Waals surface area contributed by atoms with Gasteiger partial charge in [0, 0.05) is 5.88 Å². The first kappa shape index (κ1) is 16.5. The molecule has 0 amide bonds. The van der Waals surface area contributed by atoms with Gasteiger partial charge in [0.1, 0.15) is 0 Å². The highest BCUT2D eigenvalue weighted by molar-refractivity contribution is 6.32. The largest absolute Gasteiger partial charge is 0.493 e. The molecule has 2 nitrogen and oxygen atoms in total. The number of methoxy groups -OCH3 is 2. The summed E-state index contributed by atoms with van der Waals surface area (Å²) in [5.74, 6) is 2.38. The van der Waals surface area contributed by atoms with Crippen molar-refractivity contribution in [1.82, 2.24) is 0 Å². The van der Waals surface area contributed by atoms with Crippen LogP contribution < -0.4 is 9.47 Å². The molecule has 4 heteroatoms. The van der Waals surface area contributed by atoms with Crippen LogP contribution in [0.25, 0.3) is 6.08 Å². The van der Waals surface area contributed by atoms with Crippen LogP contribution in [0.4, 0.5) is 0 Å². The molecule has 0 atom stereocenters. The fraction of sp³-hybridized carbons (Fsp3) is 0.529. The molecule has 1 aliphatic carbocycles. The Morgan fingerprint density at radius 1 is 1.19 bits per heavy atom. The fourth-order valence-corrected chi connectivity index (χ4v) is 3.57. The first-order valence-electron chi connectivity index (χ1n) is 7.37. The quantitative estimate of drug-likeness (QED) is 0.659. The van der Waals surface area contributed by atoms with Crippen molar-refractivity contribution >= 4 is 29.3 Å². The fourth-order valence-electron chi connectivity index (χ4n) is 2.97. The van der Waals surface area contributed by atoms with Gasteiger partial charge in [-0.25, -0.2) is 0 Å². The molecule has 1 aromatic rings. The van der Waals surface area contributed by atoms with Crippen LogP contribution in [-0.2, 0) is 0 Å². The van der Waals surface area contributed by atoms with Crippen molar-refractivity contribution in [3.05, 3.63) is 28.3 Å². The summed E-state index contributed by atoms with van der Waals surface area (Å²) in [4.78, 5) is 0. The molecule has 0 N–H and O–H groups in total. The molecule has 2 rings (SSSR count). The summed E-state index contributed by atoms with van der Waals surface area (Å²) in [7, 11) is 3.21. The van der Waals surface area contributed by atoms with Crippen LogP contribution in [0.1, 0.15) is 37.7 Å². The Balaban J connectivity index is 2.31. The van der Waals surface area contributed by atoms with Gasteiger partial charge in [-0.05, 0) is 36.5 Å². The molecule has 0 radical (unpaired) electrons. The number of rotatable bonds is 5.